The second-order valence-corrected chi connectivity index (χ2v) is 4.58. The molecule has 1 heterocycles. The van der Waals surface area contributed by atoms with Crippen LogP contribution in [0, 0.1) is 0 Å². The molecule has 114 valence electrons. The van der Waals surface area contributed by atoms with Crippen LogP contribution in [0.25, 0.3) is 0 Å². The average molecular weight is 299 g/mol. The molecule has 0 saturated carbocycles. The summed E-state index contributed by atoms with van der Waals surface area (Å²) in [6.07, 6.45) is 1.57. The summed E-state index contributed by atoms with van der Waals surface area (Å²) in [5.74, 6) is -0.466. The number of rotatable bonds is 6. The van der Waals surface area contributed by atoms with Crippen molar-refractivity contribution in [3.05, 3.63) is 59.9 Å². The molecule has 0 unspecified atom stereocenters. The monoisotopic (exact) mass is 299 g/mol. The number of hydrogen-bond donors (Lipinski definition) is 2. The number of aromatic nitrogens is 1. The van der Waals surface area contributed by atoms with Crippen molar-refractivity contribution in [2.75, 3.05) is 19.0 Å². The van der Waals surface area contributed by atoms with Crippen molar-refractivity contribution < 1.29 is 14.3 Å². The Bertz CT molecular complexity index is 644. The summed E-state index contributed by atoms with van der Waals surface area (Å²) < 4.78 is 4.76. The van der Waals surface area contributed by atoms with Crippen LogP contribution in [0.1, 0.15) is 16.1 Å². The van der Waals surface area contributed by atoms with Crippen molar-refractivity contribution >= 4 is 17.5 Å². The Kier molecular flexibility index (Phi) is 5.62. The predicted octanol–water partition coefficient (Wildman–Crippen LogP) is 1.60. The van der Waals surface area contributed by atoms with Gasteiger partial charge in [-0.2, -0.15) is 0 Å². The van der Waals surface area contributed by atoms with Gasteiger partial charge >= 0.3 is 0 Å². The van der Waals surface area contributed by atoms with Gasteiger partial charge in [0, 0.05) is 25.5 Å². The third-order valence-electron chi connectivity index (χ3n) is 2.84. The smallest absolute Gasteiger partial charge is 0.270 e. The predicted molar refractivity (Wildman–Crippen MR) is 82.4 cm³/mol. The van der Waals surface area contributed by atoms with Crippen LogP contribution < -0.4 is 10.6 Å². The molecule has 2 amide bonds. The normalized spacial score (nSPS) is 10.0. The summed E-state index contributed by atoms with van der Waals surface area (Å²) in [4.78, 5) is 27.4. The number of benzene rings is 1. The quantitative estimate of drug-likeness (QED) is 0.849. The first-order chi connectivity index (χ1) is 10.7. The van der Waals surface area contributed by atoms with Gasteiger partial charge in [-0.1, -0.05) is 18.2 Å². The molecule has 0 atom stereocenters. The topological polar surface area (TPSA) is 80.3 Å². The third-order valence-corrected chi connectivity index (χ3v) is 2.84. The number of anilines is 1. The molecule has 0 aliphatic carbocycles. The fourth-order valence-corrected chi connectivity index (χ4v) is 1.86. The van der Waals surface area contributed by atoms with Gasteiger partial charge in [0.05, 0.1) is 0 Å². The molecule has 2 N–H and O–H groups in total. The zero-order valence-electron chi connectivity index (χ0n) is 12.2. The van der Waals surface area contributed by atoms with E-state index < -0.39 is 0 Å². The molecule has 1 aromatic carbocycles. The van der Waals surface area contributed by atoms with Gasteiger partial charge in [0.15, 0.2) is 0 Å². The van der Waals surface area contributed by atoms with E-state index in [0.717, 1.165) is 5.56 Å². The number of carbonyl (C=O) groups excluding carboxylic acids is 2. The molecule has 0 bridgehead atoms. The van der Waals surface area contributed by atoms with Crippen LogP contribution in [0.2, 0.25) is 0 Å². The maximum absolute atomic E-state index is 11.9. The maximum atomic E-state index is 11.9. The molecule has 22 heavy (non-hydrogen) atoms. The molecule has 0 radical (unpaired) electrons. The van der Waals surface area contributed by atoms with Crippen LogP contribution in [0.15, 0.2) is 48.7 Å². The van der Waals surface area contributed by atoms with Crippen molar-refractivity contribution in [3.8, 4) is 0 Å². The van der Waals surface area contributed by atoms with Gasteiger partial charge in [0.25, 0.3) is 5.91 Å². The maximum Gasteiger partial charge on any atom is 0.270 e. The summed E-state index contributed by atoms with van der Waals surface area (Å²) in [5, 5.41) is 5.50. The first-order valence-electron chi connectivity index (χ1n) is 6.76. The lowest BCUT2D eigenvalue weighted by Crippen LogP contribution is -2.23. The SMILES string of the molecule is COCC(=O)Nc1cccc(CNC(=O)c2ccccn2)c1. The highest BCUT2D eigenvalue weighted by Crippen LogP contribution is 2.10. The Balaban J connectivity index is 1.93. The zero-order valence-corrected chi connectivity index (χ0v) is 12.2. The van der Waals surface area contributed by atoms with Gasteiger partial charge < -0.3 is 15.4 Å². The number of hydrogen-bond acceptors (Lipinski definition) is 4. The van der Waals surface area contributed by atoms with Crippen LogP contribution in [0.3, 0.4) is 0 Å². The fourth-order valence-electron chi connectivity index (χ4n) is 1.86. The van der Waals surface area contributed by atoms with Crippen molar-refractivity contribution in [2.45, 2.75) is 6.54 Å². The molecule has 1 aromatic heterocycles. The summed E-state index contributed by atoms with van der Waals surface area (Å²) in [7, 11) is 1.46. The van der Waals surface area contributed by atoms with E-state index in [1.165, 1.54) is 7.11 Å². The largest absolute Gasteiger partial charge is 0.375 e. The van der Waals surface area contributed by atoms with Crippen molar-refractivity contribution in [2.24, 2.45) is 0 Å². The van der Waals surface area contributed by atoms with E-state index in [9.17, 15) is 9.59 Å². The number of pyridine rings is 1. The fraction of sp³-hybridized carbons (Fsp3) is 0.188. The van der Waals surface area contributed by atoms with Crippen LogP contribution in [0.5, 0.6) is 0 Å². The number of methoxy groups -OCH3 is 1. The molecule has 0 saturated heterocycles. The van der Waals surface area contributed by atoms with Crippen LogP contribution >= 0.6 is 0 Å². The summed E-state index contributed by atoms with van der Waals surface area (Å²) >= 11 is 0. The van der Waals surface area contributed by atoms with Gasteiger partial charge in [-0.15, -0.1) is 0 Å². The van der Waals surface area contributed by atoms with E-state index in [0.29, 0.717) is 17.9 Å². The van der Waals surface area contributed by atoms with Gasteiger partial charge in [-0.25, -0.2) is 0 Å². The van der Waals surface area contributed by atoms with Crippen molar-refractivity contribution in [1.29, 1.82) is 0 Å². The molecular formula is C16H17N3O3. The number of nitrogens with one attached hydrogen (secondary N) is 2. The van der Waals surface area contributed by atoms with Crippen LogP contribution in [-0.2, 0) is 16.1 Å². The minimum atomic E-state index is -0.241. The second-order valence-electron chi connectivity index (χ2n) is 4.58. The number of nitrogens with zero attached hydrogens (tertiary/aromatic N) is 1. The summed E-state index contributed by atoms with van der Waals surface area (Å²) in [5.41, 5.74) is 1.90. The van der Waals surface area contributed by atoms with Crippen LogP contribution in [-0.4, -0.2) is 30.5 Å². The lowest BCUT2D eigenvalue weighted by molar-refractivity contribution is -0.119. The standard InChI is InChI=1S/C16H17N3O3/c1-22-11-15(20)19-13-6-4-5-12(9-13)10-18-16(21)14-7-2-3-8-17-14/h2-9H,10-11H2,1H3,(H,18,21)(H,19,20). The Morgan fingerprint density at radius 1 is 1.18 bits per heavy atom. The third kappa shape index (κ3) is 4.68. The molecule has 0 spiro atoms. The van der Waals surface area contributed by atoms with E-state index >= 15 is 0 Å². The molecule has 6 nitrogen and oxygen atoms in total. The molecule has 2 rings (SSSR count). The lowest BCUT2D eigenvalue weighted by atomic mass is 10.2. The van der Waals surface area contributed by atoms with Crippen molar-refractivity contribution in [3.63, 3.8) is 0 Å². The molecule has 6 heteroatoms. The minimum Gasteiger partial charge on any atom is -0.375 e. The highest BCUT2D eigenvalue weighted by molar-refractivity contribution is 5.92. The Hall–Kier alpha value is -2.73. The first kappa shape index (κ1) is 15.7. The molecule has 0 aliphatic heterocycles. The molecular weight excluding hydrogens is 282 g/mol. The van der Waals surface area contributed by atoms with E-state index in [4.69, 9.17) is 4.74 Å². The minimum absolute atomic E-state index is 0.000635. The Morgan fingerprint density at radius 2 is 2.05 bits per heavy atom. The molecule has 2 aromatic rings. The first-order valence-corrected chi connectivity index (χ1v) is 6.76. The van der Waals surface area contributed by atoms with Crippen molar-refractivity contribution in [1.82, 2.24) is 10.3 Å². The highest BCUT2D eigenvalue weighted by Gasteiger charge is 2.06. The Morgan fingerprint density at radius 3 is 2.77 bits per heavy atom. The summed E-state index contributed by atoms with van der Waals surface area (Å²) in [6, 6.07) is 12.4. The molecule has 0 fully saturated rings. The van der Waals surface area contributed by atoms with E-state index in [1.807, 2.05) is 12.1 Å². The number of ether oxygens (including phenoxy) is 1. The second kappa shape index (κ2) is 7.90. The highest BCUT2D eigenvalue weighted by atomic mass is 16.5. The summed E-state index contributed by atoms with van der Waals surface area (Å²) in [6.45, 7) is 0.351. The van der Waals surface area contributed by atoms with Gasteiger partial charge in [-0.3, -0.25) is 14.6 Å². The Labute approximate surface area is 128 Å². The van der Waals surface area contributed by atoms with E-state index in [1.54, 1.807) is 36.5 Å². The number of carbonyl (C=O) groups is 2. The lowest BCUT2D eigenvalue weighted by Gasteiger charge is -2.08. The van der Waals surface area contributed by atoms with E-state index in [2.05, 4.69) is 15.6 Å². The number of amides is 2. The van der Waals surface area contributed by atoms with Gasteiger partial charge in [0.2, 0.25) is 5.91 Å². The van der Waals surface area contributed by atoms with Crippen LogP contribution in [0.4, 0.5) is 5.69 Å². The zero-order chi connectivity index (χ0) is 15.8. The van der Waals surface area contributed by atoms with Gasteiger partial charge in [-0.05, 0) is 29.8 Å². The van der Waals surface area contributed by atoms with Gasteiger partial charge in [0.1, 0.15) is 12.3 Å². The molecule has 0 aliphatic rings. The van der Waals surface area contributed by atoms with E-state index in [-0.39, 0.29) is 18.4 Å². The average Bonchev–Trinajstić information content (AvgIpc) is 2.54.